The van der Waals surface area contributed by atoms with E-state index in [1.54, 1.807) is 12.1 Å². The van der Waals surface area contributed by atoms with Crippen molar-refractivity contribution in [2.45, 2.75) is 25.1 Å². The van der Waals surface area contributed by atoms with Gasteiger partial charge in [-0.3, -0.25) is 4.79 Å². The Morgan fingerprint density at radius 1 is 1.33 bits per heavy atom. The minimum atomic E-state index is -4.50. The number of hydrogen-bond donors (Lipinski definition) is 3. The van der Waals surface area contributed by atoms with Crippen molar-refractivity contribution >= 4 is 17.2 Å². The molecule has 0 spiro atoms. The molecule has 0 saturated carbocycles. The summed E-state index contributed by atoms with van der Waals surface area (Å²) in [5, 5.41) is 13.3. The highest BCUT2D eigenvalue weighted by Crippen LogP contribution is 2.32. The topological polar surface area (TPSA) is 97.5 Å². The van der Waals surface area contributed by atoms with E-state index in [9.17, 15) is 23.1 Å². The number of benzene rings is 1. The summed E-state index contributed by atoms with van der Waals surface area (Å²) in [6.45, 7) is 2.37. The lowest BCUT2D eigenvalue weighted by molar-refractivity contribution is -0.137. The van der Waals surface area contributed by atoms with Crippen LogP contribution in [0.1, 0.15) is 35.2 Å². The van der Waals surface area contributed by atoms with Gasteiger partial charge in [-0.05, 0) is 23.6 Å². The van der Waals surface area contributed by atoms with Gasteiger partial charge in [0, 0.05) is 18.5 Å². The van der Waals surface area contributed by atoms with E-state index in [-0.39, 0.29) is 24.8 Å². The summed E-state index contributed by atoms with van der Waals surface area (Å²) < 4.78 is 42.8. The number of nitrogens with one attached hydrogen (secondary N) is 1. The molecule has 2 rings (SSSR count). The van der Waals surface area contributed by atoms with E-state index in [1.807, 2.05) is 19.1 Å². The van der Waals surface area contributed by atoms with E-state index in [0.29, 0.717) is 23.6 Å². The van der Waals surface area contributed by atoms with Gasteiger partial charge in [0.05, 0.1) is 5.69 Å². The Morgan fingerprint density at radius 3 is 2.56 bits per heavy atom. The summed E-state index contributed by atoms with van der Waals surface area (Å²) in [6, 6.07) is 7.12. The van der Waals surface area contributed by atoms with E-state index >= 15 is 0 Å². The van der Waals surface area contributed by atoms with Crippen LogP contribution in [0.5, 0.6) is 5.75 Å². The Bertz CT molecular complexity index is 750. The molecule has 0 saturated heterocycles. The van der Waals surface area contributed by atoms with Crippen LogP contribution in [0.3, 0.4) is 0 Å². The zero-order valence-corrected chi connectivity index (χ0v) is 15.3. The summed E-state index contributed by atoms with van der Waals surface area (Å²) in [5.74, 6) is 0.0540. The quantitative estimate of drug-likeness (QED) is 0.598. The van der Waals surface area contributed by atoms with Gasteiger partial charge in [0.2, 0.25) is 0 Å². The molecule has 10 heteroatoms. The molecule has 1 amide bonds. The predicted octanol–water partition coefficient (Wildman–Crippen LogP) is 2.45. The summed E-state index contributed by atoms with van der Waals surface area (Å²) in [5.41, 5.74) is 6.01. The number of hydrogen-bond acceptors (Lipinski definition) is 6. The van der Waals surface area contributed by atoms with Crippen LogP contribution < -0.4 is 15.8 Å². The molecule has 148 valence electrons. The number of thiazole rings is 1. The summed E-state index contributed by atoms with van der Waals surface area (Å²) in [7, 11) is 0. The normalized spacial score (nSPS) is 14.0. The number of ether oxygens (including phenoxy) is 1. The van der Waals surface area contributed by atoms with Gasteiger partial charge in [-0.2, -0.15) is 13.2 Å². The summed E-state index contributed by atoms with van der Waals surface area (Å²) in [6.07, 6.45) is -5.62. The zero-order valence-electron chi connectivity index (χ0n) is 14.5. The molecule has 2 unspecified atom stereocenters. The Hall–Kier alpha value is -2.17. The van der Waals surface area contributed by atoms with Gasteiger partial charge in [-0.15, -0.1) is 11.3 Å². The van der Waals surface area contributed by atoms with Crippen molar-refractivity contribution in [2.75, 3.05) is 19.7 Å². The number of nitrogens with zero attached hydrogens (tertiary/aromatic N) is 1. The highest BCUT2D eigenvalue weighted by Gasteiger charge is 2.35. The highest BCUT2D eigenvalue weighted by molar-refractivity contribution is 7.09. The van der Waals surface area contributed by atoms with E-state index < -0.39 is 23.2 Å². The van der Waals surface area contributed by atoms with Crippen molar-refractivity contribution in [3.05, 3.63) is 45.9 Å². The van der Waals surface area contributed by atoms with Crippen molar-refractivity contribution in [2.24, 2.45) is 5.73 Å². The second-order valence-corrected chi connectivity index (χ2v) is 6.83. The average Bonchev–Trinajstić information content (AvgIpc) is 3.11. The van der Waals surface area contributed by atoms with Crippen LogP contribution >= 0.6 is 11.3 Å². The van der Waals surface area contributed by atoms with E-state index in [0.717, 1.165) is 5.56 Å². The Kier molecular flexibility index (Phi) is 7.17. The zero-order chi connectivity index (χ0) is 20.0. The van der Waals surface area contributed by atoms with Crippen LogP contribution in [0.25, 0.3) is 0 Å². The SMILES string of the molecule is CC(CNCC(O)c1csc(C(F)(F)F)n1)c1ccc(OCC(N)=O)cc1. The van der Waals surface area contributed by atoms with Crippen molar-refractivity contribution in [3.63, 3.8) is 0 Å². The number of carbonyl (C=O) groups excluding carboxylic acids is 1. The Morgan fingerprint density at radius 2 is 2.00 bits per heavy atom. The van der Waals surface area contributed by atoms with Crippen LogP contribution in [-0.2, 0) is 11.0 Å². The van der Waals surface area contributed by atoms with Gasteiger partial charge in [0.25, 0.3) is 5.91 Å². The van der Waals surface area contributed by atoms with Gasteiger partial charge in [-0.25, -0.2) is 4.98 Å². The van der Waals surface area contributed by atoms with Crippen LogP contribution in [-0.4, -0.2) is 35.7 Å². The third-order valence-corrected chi connectivity index (χ3v) is 4.63. The van der Waals surface area contributed by atoms with Crippen molar-refractivity contribution < 1.29 is 27.8 Å². The number of carbonyl (C=O) groups is 1. The number of amides is 1. The van der Waals surface area contributed by atoms with Crippen LogP contribution in [0.15, 0.2) is 29.6 Å². The largest absolute Gasteiger partial charge is 0.484 e. The maximum atomic E-state index is 12.5. The first kappa shape index (κ1) is 21.1. The second kappa shape index (κ2) is 9.16. The number of aliphatic hydroxyl groups excluding tert-OH is 1. The molecule has 0 bridgehead atoms. The predicted molar refractivity (Wildman–Crippen MR) is 94.5 cm³/mol. The molecule has 1 heterocycles. The van der Waals surface area contributed by atoms with Gasteiger partial charge in [0.1, 0.15) is 11.9 Å². The molecule has 0 radical (unpaired) electrons. The van der Waals surface area contributed by atoms with Crippen LogP contribution in [0.2, 0.25) is 0 Å². The lowest BCUT2D eigenvalue weighted by Crippen LogP contribution is -2.25. The average molecular weight is 403 g/mol. The molecular formula is C17H20F3N3O3S. The molecule has 4 N–H and O–H groups in total. The van der Waals surface area contributed by atoms with Gasteiger partial charge in [-0.1, -0.05) is 19.1 Å². The Labute approximate surface area is 158 Å². The fraction of sp³-hybridized carbons (Fsp3) is 0.412. The fourth-order valence-corrected chi connectivity index (χ4v) is 3.01. The number of aliphatic hydroxyl groups is 1. The molecule has 2 aromatic rings. The van der Waals surface area contributed by atoms with E-state index in [1.165, 1.54) is 5.38 Å². The first-order chi connectivity index (χ1) is 12.7. The van der Waals surface area contributed by atoms with Gasteiger partial charge < -0.3 is 20.9 Å². The number of primary amides is 1. The summed E-state index contributed by atoms with van der Waals surface area (Å²) >= 11 is 0.464. The van der Waals surface area contributed by atoms with Crippen molar-refractivity contribution in [1.82, 2.24) is 10.3 Å². The van der Waals surface area contributed by atoms with E-state index in [4.69, 9.17) is 10.5 Å². The maximum Gasteiger partial charge on any atom is 0.443 e. The lowest BCUT2D eigenvalue weighted by atomic mass is 10.0. The van der Waals surface area contributed by atoms with Crippen molar-refractivity contribution in [1.29, 1.82) is 0 Å². The highest BCUT2D eigenvalue weighted by atomic mass is 32.1. The van der Waals surface area contributed by atoms with Crippen LogP contribution in [0.4, 0.5) is 13.2 Å². The van der Waals surface area contributed by atoms with Gasteiger partial charge in [0.15, 0.2) is 11.6 Å². The number of nitrogens with two attached hydrogens (primary N) is 1. The number of alkyl halides is 3. The molecule has 0 fully saturated rings. The smallest absolute Gasteiger partial charge is 0.443 e. The molecule has 0 aliphatic rings. The summed E-state index contributed by atoms with van der Waals surface area (Å²) in [4.78, 5) is 14.1. The molecule has 2 atom stereocenters. The second-order valence-electron chi connectivity index (χ2n) is 5.97. The molecule has 6 nitrogen and oxygen atoms in total. The third-order valence-electron chi connectivity index (χ3n) is 3.72. The van der Waals surface area contributed by atoms with Crippen molar-refractivity contribution in [3.8, 4) is 5.75 Å². The standard InChI is InChI=1S/C17H20F3N3O3S/c1-10(11-2-4-12(5-3-11)26-8-15(21)25)6-22-7-14(24)13-9-27-16(23-13)17(18,19)20/h2-5,9-10,14,22,24H,6-8H2,1H3,(H2,21,25). The maximum absolute atomic E-state index is 12.5. The molecule has 27 heavy (non-hydrogen) atoms. The monoisotopic (exact) mass is 403 g/mol. The third kappa shape index (κ3) is 6.49. The first-order valence-electron chi connectivity index (χ1n) is 8.09. The fourth-order valence-electron chi connectivity index (χ4n) is 2.28. The molecule has 1 aromatic carbocycles. The van der Waals surface area contributed by atoms with E-state index in [2.05, 4.69) is 10.3 Å². The molecule has 1 aromatic heterocycles. The molecule has 0 aliphatic carbocycles. The van der Waals surface area contributed by atoms with Gasteiger partial charge >= 0.3 is 6.18 Å². The minimum absolute atomic E-state index is 0.00318. The number of halogens is 3. The minimum Gasteiger partial charge on any atom is -0.484 e. The molecular weight excluding hydrogens is 383 g/mol. The number of rotatable bonds is 9. The number of aromatic nitrogens is 1. The molecule has 0 aliphatic heterocycles. The van der Waals surface area contributed by atoms with Crippen LogP contribution in [0, 0.1) is 0 Å². The first-order valence-corrected chi connectivity index (χ1v) is 8.97. The Balaban J connectivity index is 1.80. The lowest BCUT2D eigenvalue weighted by Gasteiger charge is -2.15.